The van der Waals surface area contributed by atoms with Crippen LogP contribution in [-0.2, 0) is 0 Å². The van der Waals surface area contributed by atoms with Crippen molar-refractivity contribution in [3.63, 3.8) is 0 Å². The molecule has 0 aliphatic heterocycles. The molecule has 8 nitrogen and oxygen atoms in total. The van der Waals surface area contributed by atoms with Crippen molar-refractivity contribution in [3.8, 4) is 5.75 Å². The van der Waals surface area contributed by atoms with E-state index >= 15 is 0 Å². The number of hydrogen-bond acceptors (Lipinski definition) is 5. The van der Waals surface area contributed by atoms with Crippen LogP contribution in [0.5, 0.6) is 5.75 Å². The van der Waals surface area contributed by atoms with Crippen LogP contribution in [-0.4, -0.2) is 61.9 Å². The van der Waals surface area contributed by atoms with E-state index in [1.165, 1.54) is 18.5 Å². The number of hydrogen-bond donors (Lipinski definition) is 3. The Morgan fingerprint density at radius 2 is 1.79 bits per heavy atom. The lowest BCUT2D eigenvalue weighted by atomic mass is 10.1. The molecule has 2 aromatic rings. The van der Waals surface area contributed by atoms with E-state index in [9.17, 15) is 13.2 Å². The van der Waals surface area contributed by atoms with Crippen LogP contribution in [0, 0.1) is 0 Å². The van der Waals surface area contributed by atoms with Crippen LogP contribution in [0.15, 0.2) is 63.6 Å². The van der Waals surface area contributed by atoms with Crippen molar-refractivity contribution >= 4 is 41.4 Å². The van der Waals surface area contributed by atoms with E-state index in [0.717, 1.165) is 37.2 Å². The van der Waals surface area contributed by atoms with Gasteiger partial charge < -0.3 is 20.7 Å². The van der Waals surface area contributed by atoms with Gasteiger partial charge in [-0.15, -0.1) is 13.2 Å². The summed E-state index contributed by atoms with van der Waals surface area (Å²) >= 11 is 5.16. The highest BCUT2D eigenvalue weighted by molar-refractivity contribution is 7.80. The maximum atomic E-state index is 12.2. The van der Waals surface area contributed by atoms with Gasteiger partial charge in [-0.1, -0.05) is 24.3 Å². The van der Waals surface area contributed by atoms with E-state index in [-0.39, 0.29) is 11.6 Å². The first kappa shape index (κ1) is 26.7. The summed E-state index contributed by atoms with van der Waals surface area (Å²) in [5.41, 5.74) is 10.6. The molecule has 0 aromatic heterocycles. The minimum atomic E-state index is -4.74. The van der Waals surface area contributed by atoms with Crippen molar-refractivity contribution in [1.29, 1.82) is 0 Å². The molecule has 2 rings (SSSR count). The molecule has 34 heavy (non-hydrogen) atoms. The van der Waals surface area contributed by atoms with Crippen LogP contribution in [0.25, 0.3) is 0 Å². The van der Waals surface area contributed by atoms with Gasteiger partial charge in [-0.25, -0.2) is 9.98 Å². The van der Waals surface area contributed by atoms with Gasteiger partial charge in [-0.3, -0.25) is 5.43 Å². The van der Waals surface area contributed by atoms with Crippen LogP contribution >= 0.6 is 12.2 Å². The summed E-state index contributed by atoms with van der Waals surface area (Å²) in [6, 6.07) is 12.2. The number of alkyl halides is 3. The van der Waals surface area contributed by atoms with Gasteiger partial charge in [0.25, 0.3) is 0 Å². The molecule has 0 saturated heterocycles. The van der Waals surface area contributed by atoms with E-state index in [2.05, 4.69) is 35.5 Å². The molecule has 4 N–H and O–H groups in total. The van der Waals surface area contributed by atoms with Gasteiger partial charge in [0.15, 0.2) is 5.11 Å². The molecule has 0 unspecified atom stereocenters. The number of hydrazone groups is 1. The van der Waals surface area contributed by atoms with Crippen LogP contribution < -0.4 is 21.2 Å². The van der Waals surface area contributed by atoms with Crippen LogP contribution in [0.2, 0.25) is 0 Å². The number of rotatable bonds is 10. The Labute approximate surface area is 201 Å². The third-order valence-electron chi connectivity index (χ3n) is 4.13. The van der Waals surface area contributed by atoms with Crippen molar-refractivity contribution in [2.24, 2.45) is 20.8 Å². The molecule has 0 fully saturated rings. The molecule has 0 heterocycles. The standard InChI is InChI=1S/C22H26F3N7OS/c1-32(2)13-3-12-27-21(34)31-30-14-16-4-6-17(7-5-16)20(26)29-15-28-18-8-10-19(11-9-18)33-22(23,24)25/h4-11,14-15H,3,12-13H2,1-2H3,(H2,26,28,29)(H2,27,31,34)/b30-14+. The van der Waals surface area contributed by atoms with Gasteiger partial charge in [0.1, 0.15) is 17.9 Å². The fourth-order valence-corrected chi connectivity index (χ4v) is 2.66. The lowest BCUT2D eigenvalue weighted by Crippen LogP contribution is -2.33. The summed E-state index contributed by atoms with van der Waals surface area (Å²) in [4.78, 5) is 10.2. The molecule has 0 atom stereocenters. The first-order chi connectivity index (χ1) is 16.1. The van der Waals surface area contributed by atoms with Crippen LogP contribution in [0.3, 0.4) is 0 Å². The second-order valence-corrected chi connectivity index (χ2v) is 7.61. The van der Waals surface area contributed by atoms with Crippen molar-refractivity contribution in [2.45, 2.75) is 12.8 Å². The minimum absolute atomic E-state index is 0.227. The van der Waals surface area contributed by atoms with E-state index in [1.54, 1.807) is 18.3 Å². The second-order valence-electron chi connectivity index (χ2n) is 7.21. The summed E-state index contributed by atoms with van der Waals surface area (Å²) in [6.45, 7) is 1.73. The molecule has 0 aliphatic rings. The maximum Gasteiger partial charge on any atom is 0.573 e. The summed E-state index contributed by atoms with van der Waals surface area (Å²) in [5.74, 6) is -0.100. The minimum Gasteiger partial charge on any atom is -0.406 e. The Kier molecular flexibility index (Phi) is 10.4. The Morgan fingerprint density at radius 1 is 1.12 bits per heavy atom. The highest BCUT2D eigenvalue weighted by atomic mass is 32.1. The summed E-state index contributed by atoms with van der Waals surface area (Å²) in [7, 11) is 4.03. The van der Waals surface area contributed by atoms with Gasteiger partial charge in [-0.05, 0) is 69.1 Å². The molecule has 0 spiro atoms. The van der Waals surface area contributed by atoms with Crippen molar-refractivity contribution < 1.29 is 17.9 Å². The average Bonchev–Trinajstić information content (AvgIpc) is 2.77. The SMILES string of the molecule is CN(C)CCCNC(=S)N/N=C/c1ccc(C(N)=NC=Nc2ccc(OC(F)(F)F)cc2)cc1. The topological polar surface area (TPSA) is 99.6 Å². The number of nitrogens with one attached hydrogen (secondary N) is 2. The molecule has 0 bridgehead atoms. The number of nitrogens with zero attached hydrogens (tertiary/aromatic N) is 4. The number of ether oxygens (including phenoxy) is 1. The number of benzene rings is 2. The van der Waals surface area contributed by atoms with Crippen LogP contribution in [0.4, 0.5) is 18.9 Å². The average molecular weight is 494 g/mol. The summed E-state index contributed by atoms with van der Waals surface area (Å²) < 4.78 is 40.4. The molecule has 0 radical (unpaired) electrons. The molecular weight excluding hydrogens is 467 g/mol. The quantitative estimate of drug-likeness (QED) is 0.154. The fraction of sp³-hybridized carbons (Fsp3) is 0.273. The molecular formula is C22H26F3N7OS. The van der Waals surface area contributed by atoms with E-state index in [0.29, 0.717) is 16.4 Å². The first-order valence-electron chi connectivity index (χ1n) is 10.2. The number of nitrogens with two attached hydrogens (primary N) is 1. The van der Waals surface area contributed by atoms with Gasteiger partial charge in [0.2, 0.25) is 0 Å². The first-order valence-corrected chi connectivity index (χ1v) is 10.6. The lowest BCUT2D eigenvalue weighted by molar-refractivity contribution is -0.274. The maximum absolute atomic E-state index is 12.2. The Bertz CT molecular complexity index is 1000. The normalized spacial score (nSPS) is 12.5. The zero-order chi connectivity index (χ0) is 25.0. The zero-order valence-electron chi connectivity index (χ0n) is 18.7. The molecule has 0 saturated carbocycles. The van der Waals surface area contributed by atoms with Crippen LogP contribution in [0.1, 0.15) is 17.5 Å². The predicted molar refractivity (Wildman–Crippen MR) is 133 cm³/mol. The summed E-state index contributed by atoms with van der Waals surface area (Å²) in [6.07, 6.45) is -0.923. The smallest absolute Gasteiger partial charge is 0.406 e. The number of amidine groups is 1. The molecule has 2 aromatic carbocycles. The van der Waals surface area contributed by atoms with E-state index in [4.69, 9.17) is 18.0 Å². The fourth-order valence-electron chi connectivity index (χ4n) is 2.51. The van der Waals surface area contributed by atoms with Crippen molar-refractivity contribution in [1.82, 2.24) is 15.6 Å². The third kappa shape index (κ3) is 10.9. The number of halogens is 3. The molecule has 12 heteroatoms. The molecule has 0 aliphatic carbocycles. The largest absolute Gasteiger partial charge is 0.573 e. The highest BCUT2D eigenvalue weighted by Gasteiger charge is 2.30. The predicted octanol–water partition coefficient (Wildman–Crippen LogP) is 3.40. The third-order valence-corrected chi connectivity index (χ3v) is 4.36. The number of thiocarbonyl (C=S) groups is 1. The van der Waals surface area contributed by atoms with E-state index < -0.39 is 6.36 Å². The van der Waals surface area contributed by atoms with Gasteiger partial charge in [0, 0.05) is 12.1 Å². The number of aliphatic imine (C=N–C) groups is 2. The lowest BCUT2D eigenvalue weighted by Gasteiger charge is -2.10. The van der Waals surface area contributed by atoms with Gasteiger partial charge in [0.05, 0.1) is 11.9 Å². The molecule has 0 amide bonds. The highest BCUT2D eigenvalue weighted by Crippen LogP contribution is 2.24. The van der Waals surface area contributed by atoms with Gasteiger partial charge >= 0.3 is 6.36 Å². The summed E-state index contributed by atoms with van der Waals surface area (Å²) in [5, 5.41) is 7.62. The van der Waals surface area contributed by atoms with Gasteiger partial charge in [-0.2, -0.15) is 5.10 Å². The zero-order valence-corrected chi connectivity index (χ0v) is 19.5. The Morgan fingerprint density at radius 3 is 2.41 bits per heavy atom. The molecule has 182 valence electrons. The monoisotopic (exact) mass is 493 g/mol. The Hall–Kier alpha value is -3.51. The van der Waals surface area contributed by atoms with E-state index in [1.807, 2.05) is 26.2 Å². The second kappa shape index (κ2) is 13.3. The Balaban J connectivity index is 1.83. The van der Waals surface area contributed by atoms with Crippen molar-refractivity contribution in [3.05, 3.63) is 59.7 Å². The van der Waals surface area contributed by atoms with Crippen molar-refractivity contribution in [2.75, 3.05) is 27.2 Å².